The molecular weight excluding hydrogens is 251 g/mol. The maximum Gasteiger partial charge on any atom is 0.411 e. The van der Waals surface area contributed by atoms with Crippen molar-refractivity contribution < 1.29 is 27.8 Å². The summed E-state index contributed by atoms with van der Waals surface area (Å²) < 4.78 is 42.3. The zero-order valence-corrected chi connectivity index (χ0v) is 10.2. The molecule has 0 aromatic carbocycles. The highest BCUT2D eigenvalue weighted by Crippen LogP contribution is 2.33. The molecule has 18 heavy (non-hydrogen) atoms. The number of hydrogen-bond donors (Lipinski definition) is 1. The van der Waals surface area contributed by atoms with Crippen LogP contribution in [0.2, 0.25) is 0 Å². The SMILES string of the molecule is COC(=O)C1=C(O)CC(C(F)(F)F)N=C1C(C)C. The van der Waals surface area contributed by atoms with Gasteiger partial charge in [0.1, 0.15) is 11.3 Å². The van der Waals surface area contributed by atoms with Gasteiger partial charge in [0, 0.05) is 6.42 Å². The van der Waals surface area contributed by atoms with Crippen molar-refractivity contribution in [2.75, 3.05) is 7.11 Å². The fourth-order valence-corrected chi connectivity index (χ4v) is 1.66. The second-order valence-corrected chi connectivity index (χ2v) is 4.24. The number of methoxy groups -OCH3 is 1. The van der Waals surface area contributed by atoms with E-state index in [1.165, 1.54) is 0 Å². The van der Waals surface area contributed by atoms with Crippen LogP contribution in [-0.4, -0.2) is 36.1 Å². The third-order valence-corrected chi connectivity index (χ3v) is 2.54. The Morgan fingerprint density at radius 1 is 1.50 bits per heavy atom. The molecule has 1 heterocycles. The maximum atomic E-state index is 12.6. The lowest BCUT2D eigenvalue weighted by Crippen LogP contribution is -2.35. The first-order valence-electron chi connectivity index (χ1n) is 5.33. The van der Waals surface area contributed by atoms with Crippen LogP contribution in [0.3, 0.4) is 0 Å². The average Bonchev–Trinajstić information content (AvgIpc) is 2.25. The van der Waals surface area contributed by atoms with Crippen LogP contribution in [0.1, 0.15) is 20.3 Å². The molecule has 1 aliphatic rings. The van der Waals surface area contributed by atoms with Gasteiger partial charge in [-0.1, -0.05) is 13.8 Å². The number of ether oxygens (including phenoxy) is 1. The Hall–Kier alpha value is -1.53. The zero-order valence-electron chi connectivity index (χ0n) is 10.2. The van der Waals surface area contributed by atoms with Crippen LogP contribution >= 0.6 is 0 Å². The highest BCUT2D eigenvalue weighted by molar-refractivity contribution is 6.21. The summed E-state index contributed by atoms with van der Waals surface area (Å²) in [5.74, 6) is -1.92. The number of aliphatic imine (C=N–C) groups is 1. The first-order valence-corrected chi connectivity index (χ1v) is 5.33. The molecule has 0 aromatic rings. The summed E-state index contributed by atoms with van der Waals surface area (Å²) >= 11 is 0. The number of rotatable bonds is 2. The van der Waals surface area contributed by atoms with Gasteiger partial charge < -0.3 is 9.84 Å². The Morgan fingerprint density at radius 2 is 2.06 bits per heavy atom. The molecule has 1 atom stereocenters. The van der Waals surface area contributed by atoms with E-state index >= 15 is 0 Å². The van der Waals surface area contributed by atoms with Crippen LogP contribution in [0.4, 0.5) is 13.2 Å². The third-order valence-electron chi connectivity index (χ3n) is 2.54. The second-order valence-electron chi connectivity index (χ2n) is 4.24. The minimum Gasteiger partial charge on any atom is -0.511 e. The Balaban J connectivity index is 3.22. The molecule has 0 aliphatic carbocycles. The van der Waals surface area contributed by atoms with Crippen LogP contribution < -0.4 is 0 Å². The number of halogens is 3. The standard InChI is InChI=1S/C11H14F3NO3/c1-5(2)9-8(10(17)18-3)6(16)4-7(15-9)11(12,13)14/h5,7,16H,4H2,1-3H3. The van der Waals surface area contributed by atoms with E-state index in [-0.39, 0.29) is 11.3 Å². The van der Waals surface area contributed by atoms with Crippen LogP contribution in [0.15, 0.2) is 16.3 Å². The molecule has 1 rings (SSSR count). The lowest BCUT2D eigenvalue weighted by atomic mass is 9.93. The van der Waals surface area contributed by atoms with E-state index in [4.69, 9.17) is 0 Å². The van der Waals surface area contributed by atoms with E-state index in [2.05, 4.69) is 9.73 Å². The fraction of sp³-hybridized carbons (Fsp3) is 0.636. The summed E-state index contributed by atoms with van der Waals surface area (Å²) in [6.07, 6.45) is -5.28. The summed E-state index contributed by atoms with van der Waals surface area (Å²) in [7, 11) is 1.09. The summed E-state index contributed by atoms with van der Waals surface area (Å²) in [5, 5.41) is 9.62. The smallest absolute Gasteiger partial charge is 0.411 e. The number of dihydropyridines is 1. The molecule has 1 unspecified atom stereocenters. The Bertz CT molecular complexity index is 410. The van der Waals surface area contributed by atoms with Gasteiger partial charge in [-0.25, -0.2) is 4.79 Å². The number of carbonyl (C=O) groups is 1. The van der Waals surface area contributed by atoms with Crippen molar-refractivity contribution in [1.29, 1.82) is 0 Å². The van der Waals surface area contributed by atoms with Crippen molar-refractivity contribution in [3.8, 4) is 0 Å². The van der Waals surface area contributed by atoms with Gasteiger partial charge in [0.2, 0.25) is 0 Å². The number of nitrogens with zero attached hydrogens (tertiary/aromatic N) is 1. The van der Waals surface area contributed by atoms with Crippen molar-refractivity contribution >= 4 is 11.7 Å². The largest absolute Gasteiger partial charge is 0.511 e. The minimum absolute atomic E-state index is 0.0760. The molecule has 0 bridgehead atoms. The van der Waals surface area contributed by atoms with Gasteiger partial charge in [-0.2, -0.15) is 13.2 Å². The quantitative estimate of drug-likeness (QED) is 0.780. The van der Waals surface area contributed by atoms with Gasteiger partial charge in [0.25, 0.3) is 0 Å². The van der Waals surface area contributed by atoms with Crippen LogP contribution in [0, 0.1) is 5.92 Å². The lowest BCUT2D eigenvalue weighted by molar-refractivity contribution is -0.149. The number of hydrogen-bond acceptors (Lipinski definition) is 4. The van der Waals surface area contributed by atoms with Gasteiger partial charge in [-0.05, 0) is 5.92 Å². The highest BCUT2D eigenvalue weighted by atomic mass is 19.4. The fourth-order valence-electron chi connectivity index (χ4n) is 1.66. The molecule has 102 valence electrons. The predicted molar refractivity (Wildman–Crippen MR) is 58.4 cm³/mol. The minimum atomic E-state index is -4.55. The van der Waals surface area contributed by atoms with Gasteiger partial charge in [0.05, 0.1) is 12.8 Å². The normalized spacial score (nSPS) is 21.1. The first kappa shape index (κ1) is 14.5. The molecule has 0 aromatic heterocycles. The summed E-state index contributed by atoms with van der Waals surface area (Å²) in [5.41, 5.74) is -0.332. The van der Waals surface area contributed by atoms with Gasteiger partial charge in [-0.3, -0.25) is 4.99 Å². The Kier molecular flexibility index (Phi) is 4.03. The van der Waals surface area contributed by atoms with Crippen molar-refractivity contribution in [2.45, 2.75) is 32.5 Å². The number of alkyl halides is 3. The van der Waals surface area contributed by atoms with Crippen LogP contribution in [0.25, 0.3) is 0 Å². The van der Waals surface area contributed by atoms with E-state index in [9.17, 15) is 23.1 Å². The highest BCUT2D eigenvalue weighted by Gasteiger charge is 2.44. The summed E-state index contributed by atoms with van der Waals surface area (Å²) in [6, 6.07) is -2.01. The van der Waals surface area contributed by atoms with E-state index < -0.39 is 36.3 Å². The van der Waals surface area contributed by atoms with Crippen molar-refractivity contribution in [3.63, 3.8) is 0 Å². The van der Waals surface area contributed by atoms with Crippen molar-refractivity contribution in [2.24, 2.45) is 10.9 Å². The topological polar surface area (TPSA) is 58.9 Å². The van der Waals surface area contributed by atoms with Crippen LogP contribution in [-0.2, 0) is 9.53 Å². The van der Waals surface area contributed by atoms with Crippen LogP contribution in [0.5, 0.6) is 0 Å². The molecule has 7 heteroatoms. The van der Waals surface area contributed by atoms with Gasteiger partial charge in [0.15, 0.2) is 6.04 Å². The van der Waals surface area contributed by atoms with Crippen molar-refractivity contribution in [3.05, 3.63) is 11.3 Å². The van der Waals surface area contributed by atoms with E-state index in [1.807, 2.05) is 0 Å². The number of esters is 1. The average molecular weight is 265 g/mol. The maximum absolute atomic E-state index is 12.6. The van der Waals surface area contributed by atoms with Crippen molar-refractivity contribution in [1.82, 2.24) is 0 Å². The molecule has 0 saturated carbocycles. The van der Waals surface area contributed by atoms with E-state index in [0.717, 1.165) is 7.11 Å². The second kappa shape index (κ2) is 4.99. The molecule has 0 saturated heterocycles. The predicted octanol–water partition coefficient (Wildman–Crippen LogP) is 2.40. The number of carbonyl (C=O) groups excluding carboxylic acids is 1. The molecule has 0 amide bonds. The number of aliphatic hydroxyl groups is 1. The van der Waals surface area contributed by atoms with E-state index in [1.54, 1.807) is 13.8 Å². The zero-order chi connectivity index (χ0) is 14.1. The first-order chi connectivity index (χ1) is 8.18. The molecule has 1 aliphatic heterocycles. The summed E-state index contributed by atoms with van der Waals surface area (Å²) in [6.45, 7) is 3.18. The molecule has 0 spiro atoms. The lowest BCUT2D eigenvalue weighted by Gasteiger charge is -2.25. The van der Waals surface area contributed by atoms with E-state index in [0.29, 0.717) is 0 Å². The molecule has 0 radical (unpaired) electrons. The number of aliphatic hydroxyl groups excluding tert-OH is 1. The monoisotopic (exact) mass is 265 g/mol. The Morgan fingerprint density at radius 3 is 2.44 bits per heavy atom. The van der Waals surface area contributed by atoms with Gasteiger partial charge >= 0.3 is 12.1 Å². The molecule has 4 nitrogen and oxygen atoms in total. The molecule has 1 N–H and O–H groups in total. The Labute approximate surface area is 102 Å². The van der Waals surface area contributed by atoms with Gasteiger partial charge in [-0.15, -0.1) is 0 Å². The molecule has 0 fully saturated rings. The summed E-state index contributed by atoms with van der Waals surface area (Å²) in [4.78, 5) is 15.0. The third kappa shape index (κ3) is 2.83. The molecular formula is C11H14F3NO3.